The third-order valence-corrected chi connectivity index (χ3v) is 6.46. The maximum Gasteiger partial charge on any atom is 0.313 e. The van der Waals surface area contributed by atoms with Gasteiger partial charge < -0.3 is 5.11 Å². The molecule has 0 aromatic carbocycles. The first kappa shape index (κ1) is 16.6. The third-order valence-electron chi connectivity index (χ3n) is 6.46. The Bertz CT molecular complexity index is 767. The van der Waals surface area contributed by atoms with E-state index in [1.165, 1.54) is 6.08 Å². The molecular weight excluding hydrogens is 306 g/mol. The van der Waals surface area contributed by atoms with Gasteiger partial charge in [0.2, 0.25) is 0 Å². The summed E-state index contributed by atoms with van der Waals surface area (Å²) in [4.78, 5) is 36.8. The highest BCUT2D eigenvalue weighted by Gasteiger charge is 2.62. The van der Waals surface area contributed by atoms with Gasteiger partial charge >= 0.3 is 5.97 Å². The molecular formula is C19H21NO4. The van der Waals surface area contributed by atoms with E-state index in [1.807, 2.05) is 26.8 Å². The highest BCUT2D eigenvalue weighted by Crippen LogP contribution is 2.64. The molecule has 3 aliphatic carbocycles. The van der Waals surface area contributed by atoms with E-state index in [0.29, 0.717) is 24.8 Å². The van der Waals surface area contributed by atoms with Gasteiger partial charge in [0.15, 0.2) is 11.6 Å². The molecule has 1 fully saturated rings. The molecule has 0 heterocycles. The fraction of sp³-hybridized carbons (Fsp3) is 0.579. The second-order valence-electron chi connectivity index (χ2n) is 8.01. The Hall–Kier alpha value is -2.22. The van der Waals surface area contributed by atoms with Crippen LogP contribution in [0.4, 0.5) is 0 Å². The first-order valence-electron chi connectivity index (χ1n) is 8.26. The molecule has 0 bridgehead atoms. The van der Waals surface area contributed by atoms with Crippen molar-refractivity contribution in [2.45, 2.75) is 46.5 Å². The molecule has 5 nitrogen and oxygen atoms in total. The monoisotopic (exact) mass is 327 g/mol. The molecule has 0 unspecified atom stereocenters. The summed E-state index contributed by atoms with van der Waals surface area (Å²) in [7, 11) is 0. The van der Waals surface area contributed by atoms with Gasteiger partial charge in [-0.15, -0.1) is 0 Å². The number of carbonyl (C=O) groups is 3. The zero-order chi connectivity index (χ0) is 17.9. The van der Waals surface area contributed by atoms with E-state index in [4.69, 9.17) is 0 Å². The van der Waals surface area contributed by atoms with Gasteiger partial charge in [-0.25, -0.2) is 0 Å². The quantitative estimate of drug-likeness (QED) is 0.799. The van der Waals surface area contributed by atoms with Crippen molar-refractivity contribution in [1.29, 1.82) is 5.26 Å². The minimum Gasteiger partial charge on any atom is -0.481 e. The lowest BCUT2D eigenvalue weighted by atomic mass is 9.44. The van der Waals surface area contributed by atoms with Crippen LogP contribution >= 0.6 is 0 Å². The summed E-state index contributed by atoms with van der Waals surface area (Å²) in [5.74, 6) is -1.31. The van der Waals surface area contributed by atoms with Gasteiger partial charge in [-0.3, -0.25) is 14.4 Å². The summed E-state index contributed by atoms with van der Waals surface area (Å²) >= 11 is 0. The molecule has 0 aromatic rings. The minimum absolute atomic E-state index is 0.0684. The summed E-state index contributed by atoms with van der Waals surface area (Å²) in [6.45, 7) is 5.52. The fourth-order valence-corrected chi connectivity index (χ4v) is 5.22. The van der Waals surface area contributed by atoms with Crippen molar-refractivity contribution in [3.63, 3.8) is 0 Å². The molecule has 0 amide bonds. The van der Waals surface area contributed by atoms with Crippen LogP contribution in [0.3, 0.4) is 0 Å². The Labute approximate surface area is 141 Å². The predicted molar refractivity (Wildman–Crippen MR) is 85.7 cm³/mol. The number of aliphatic carboxylic acids is 1. The average Bonchev–Trinajstić information content (AvgIpc) is 2.51. The minimum atomic E-state index is -1.06. The van der Waals surface area contributed by atoms with Crippen LogP contribution in [0.2, 0.25) is 0 Å². The van der Waals surface area contributed by atoms with Crippen LogP contribution in [-0.2, 0) is 14.4 Å². The van der Waals surface area contributed by atoms with Crippen LogP contribution in [0.1, 0.15) is 46.5 Å². The smallest absolute Gasteiger partial charge is 0.313 e. The highest BCUT2D eigenvalue weighted by atomic mass is 16.4. The van der Waals surface area contributed by atoms with Crippen LogP contribution < -0.4 is 0 Å². The van der Waals surface area contributed by atoms with Crippen molar-refractivity contribution < 1.29 is 19.5 Å². The van der Waals surface area contributed by atoms with Crippen molar-refractivity contribution in [1.82, 2.24) is 0 Å². The molecule has 0 saturated heterocycles. The zero-order valence-electron chi connectivity index (χ0n) is 14.2. The van der Waals surface area contributed by atoms with E-state index < -0.39 is 22.2 Å². The molecule has 3 aliphatic rings. The number of hydrogen-bond acceptors (Lipinski definition) is 4. The topological polar surface area (TPSA) is 95.2 Å². The summed E-state index contributed by atoms with van der Waals surface area (Å²) in [5.41, 5.74) is -1.95. The Morgan fingerprint density at radius 3 is 2.54 bits per heavy atom. The summed E-state index contributed by atoms with van der Waals surface area (Å²) in [6.07, 6.45) is 4.62. The summed E-state index contributed by atoms with van der Waals surface area (Å²) < 4.78 is 0. The number of fused-ring (bicyclic) bond motifs is 3. The molecule has 24 heavy (non-hydrogen) atoms. The van der Waals surface area contributed by atoms with Crippen molar-refractivity contribution >= 4 is 17.5 Å². The van der Waals surface area contributed by atoms with Gasteiger partial charge in [0.05, 0.1) is 11.0 Å². The molecule has 0 aliphatic heterocycles. The van der Waals surface area contributed by atoms with E-state index in [2.05, 4.69) is 0 Å². The standard InChI is InChI=1S/C19H21NO4/c1-17(2)13-5-7-19(16(23)24)6-4-12(21)8-14(19)18(13,3)9-11(10-20)15(17)22/h8-9,13H,4-7H2,1-3H3,(H,23,24)/t13-,18-,19-/m0/s1. The maximum atomic E-state index is 12.6. The fourth-order valence-electron chi connectivity index (χ4n) is 5.22. The molecule has 1 saturated carbocycles. The largest absolute Gasteiger partial charge is 0.481 e. The van der Waals surface area contributed by atoms with Gasteiger partial charge in [0.25, 0.3) is 0 Å². The molecule has 3 rings (SSSR count). The van der Waals surface area contributed by atoms with Crippen LogP contribution in [0.15, 0.2) is 23.3 Å². The summed E-state index contributed by atoms with van der Waals surface area (Å²) in [5, 5.41) is 19.3. The Balaban J connectivity index is 2.30. The van der Waals surface area contributed by atoms with Crippen molar-refractivity contribution in [2.24, 2.45) is 22.2 Å². The highest BCUT2D eigenvalue weighted by molar-refractivity contribution is 6.05. The summed E-state index contributed by atoms with van der Waals surface area (Å²) in [6, 6.07) is 1.97. The van der Waals surface area contributed by atoms with Gasteiger partial charge in [-0.1, -0.05) is 26.8 Å². The first-order valence-corrected chi connectivity index (χ1v) is 8.26. The number of allylic oxidation sites excluding steroid dienone is 3. The van der Waals surface area contributed by atoms with Gasteiger partial charge in [-0.2, -0.15) is 5.26 Å². The number of carboxylic acid groups (broad SMARTS) is 1. The molecule has 3 atom stereocenters. The van der Waals surface area contributed by atoms with E-state index in [9.17, 15) is 24.8 Å². The normalized spacial score (nSPS) is 37.5. The number of nitrogens with zero attached hydrogens (tertiary/aromatic N) is 1. The molecule has 0 aromatic heterocycles. The molecule has 0 spiro atoms. The SMILES string of the molecule is CC1(C)C(=O)C(C#N)=C[C@]2(C)C3=CC(=O)CC[C@]3(C(=O)O)CC[C@@H]12. The Kier molecular flexibility index (Phi) is 3.39. The molecule has 5 heteroatoms. The first-order chi connectivity index (χ1) is 11.1. The van der Waals surface area contributed by atoms with Crippen molar-refractivity contribution in [3.8, 4) is 6.07 Å². The van der Waals surface area contributed by atoms with Crippen molar-refractivity contribution in [2.75, 3.05) is 0 Å². The van der Waals surface area contributed by atoms with E-state index in [-0.39, 0.29) is 29.5 Å². The van der Waals surface area contributed by atoms with Crippen LogP contribution in [0.5, 0.6) is 0 Å². The second-order valence-corrected chi connectivity index (χ2v) is 8.01. The number of ketones is 2. The third kappa shape index (κ3) is 1.89. The predicted octanol–water partition coefficient (Wildman–Crippen LogP) is 2.82. The second kappa shape index (κ2) is 4.89. The van der Waals surface area contributed by atoms with Crippen LogP contribution in [0.25, 0.3) is 0 Å². The maximum absolute atomic E-state index is 12.6. The van der Waals surface area contributed by atoms with E-state index in [1.54, 1.807) is 6.08 Å². The van der Waals surface area contributed by atoms with E-state index in [0.717, 1.165) is 0 Å². The van der Waals surface area contributed by atoms with Gasteiger partial charge in [0.1, 0.15) is 6.07 Å². The van der Waals surface area contributed by atoms with Gasteiger partial charge in [0, 0.05) is 17.3 Å². The lowest BCUT2D eigenvalue weighted by Crippen LogP contribution is -2.56. The van der Waals surface area contributed by atoms with Gasteiger partial charge in [-0.05, 0) is 36.8 Å². The molecule has 1 N–H and O–H groups in total. The molecule has 126 valence electrons. The lowest BCUT2D eigenvalue weighted by molar-refractivity contribution is -0.152. The zero-order valence-corrected chi connectivity index (χ0v) is 14.2. The Morgan fingerprint density at radius 2 is 1.96 bits per heavy atom. The number of Topliss-reactive ketones (excluding diaryl/α,β-unsaturated/α-hetero) is 1. The Morgan fingerprint density at radius 1 is 1.29 bits per heavy atom. The lowest BCUT2D eigenvalue weighted by Gasteiger charge is -2.57. The number of nitriles is 1. The average molecular weight is 327 g/mol. The van der Waals surface area contributed by atoms with E-state index >= 15 is 0 Å². The number of rotatable bonds is 1. The van der Waals surface area contributed by atoms with Crippen molar-refractivity contribution in [3.05, 3.63) is 23.3 Å². The number of carbonyl (C=O) groups excluding carboxylic acids is 2. The number of hydrogen-bond donors (Lipinski definition) is 1. The van der Waals surface area contributed by atoms with Crippen LogP contribution in [0, 0.1) is 33.5 Å². The number of carboxylic acids is 1. The molecule has 0 radical (unpaired) electrons. The van der Waals surface area contributed by atoms with Crippen LogP contribution in [-0.4, -0.2) is 22.6 Å².